The Morgan fingerprint density at radius 1 is 0.865 bits per heavy atom. The molecule has 192 valence electrons. The quantitative estimate of drug-likeness (QED) is 0.189. The van der Waals surface area contributed by atoms with Gasteiger partial charge in [0.1, 0.15) is 5.75 Å². The van der Waals surface area contributed by atoms with Crippen LogP contribution in [0.2, 0.25) is 0 Å². The van der Waals surface area contributed by atoms with Crippen LogP contribution in [0.25, 0.3) is 11.1 Å². The lowest BCUT2D eigenvalue weighted by Crippen LogP contribution is -2.25. The minimum atomic E-state index is -1.02. The largest absolute Gasteiger partial charge is 0.481 e. The molecule has 37 heavy (non-hydrogen) atoms. The molecule has 3 aromatic carbocycles. The van der Waals surface area contributed by atoms with Crippen molar-refractivity contribution < 1.29 is 39.0 Å². The van der Waals surface area contributed by atoms with E-state index in [1.807, 2.05) is 12.1 Å². The average molecular weight is 506 g/mol. The maximum absolute atomic E-state index is 12.2. The van der Waals surface area contributed by atoms with Crippen molar-refractivity contribution in [2.24, 2.45) is 5.92 Å². The molecule has 0 radical (unpaired) electrons. The van der Waals surface area contributed by atoms with Crippen molar-refractivity contribution >= 4 is 23.8 Å². The van der Waals surface area contributed by atoms with Gasteiger partial charge in [-0.15, -0.1) is 0 Å². The number of carbonyl (C=O) groups excluding carboxylic acids is 2. The van der Waals surface area contributed by atoms with Crippen LogP contribution in [0.3, 0.4) is 0 Å². The van der Waals surface area contributed by atoms with Crippen LogP contribution in [0.1, 0.15) is 41.3 Å². The average Bonchev–Trinajstić information content (AvgIpc) is 2.87. The van der Waals surface area contributed by atoms with Crippen molar-refractivity contribution in [1.82, 2.24) is 5.48 Å². The number of hydrogen-bond donors (Lipinski definition) is 3. The third kappa shape index (κ3) is 8.59. The number of hydroxylamine groups is 1. The molecule has 0 saturated heterocycles. The molecular formula is C28H27NO8. The zero-order valence-corrected chi connectivity index (χ0v) is 20.2. The second-order valence-corrected chi connectivity index (χ2v) is 8.42. The highest BCUT2D eigenvalue weighted by Gasteiger charge is 2.20. The maximum atomic E-state index is 12.2. The van der Waals surface area contributed by atoms with E-state index in [-0.39, 0.29) is 31.4 Å². The van der Waals surface area contributed by atoms with Gasteiger partial charge in [-0.1, -0.05) is 48.5 Å². The molecule has 9 nitrogen and oxygen atoms in total. The van der Waals surface area contributed by atoms with Gasteiger partial charge in [0.25, 0.3) is 0 Å². The van der Waals surface area contributed by atoms with E-state index in [1.165, 1.54) is 13.0 Å². The third-order valence-electron chi connectivity index (χ3n) is 5.53. The minimum absolute atomic E-state index is 0.0390. The van der Waals surface area contributed by atoms with Crippen molar-refractivity contribution in [3.8, 4) is 16.9 Å². The van der Waals surface area contributed by atoms with Crippen LogP contribution >= 0.6 is 0 Å². The normalized spacial score (nSPS) is 11.4. The highest BCUT2D eigenvalue weighted by Crippen LogP contribution is 2.24. The van der Waals surface area contributed by atoms with Crippen LogP contribution in [0.15, 0.2) is 72.8 Å². The van der Waals surface area contributed by atoms with E-state index < -0.39 is 29.7 Å². The van der Waals surface area contributed by atoms with E-state index in [2.05, 4.69) is 5.48 Å². The summed E-state index contributed by atoms with van der Waals surface area (Å²) in [6.45, 7) is 1.39. The fraction of sp³-hybridized carbons (Fsp3) is 0.214. The molecule has 0 aliphatic carbocycles. The second kappa shape index (κ2) is 13.0. The summed E-state index contributed by atoms with van der Waals surface area (Å²) < 4.78 is 4.95. The first-order valence-corrected chi connectivity index (χ1v) is 11.5. The zero-order chi connectivity index (χ0) is 26.8. The van der Waals surface area contributed by atoms with Gasteiger partial charge >= 0.3 is 17.9 Å². The number of carboxylic acid groups (broad SMARTS) is 2. The molecule has 0 saturated carbocycles. The summed E-state index contributed by atoms with van der Waals surface area (Å²) in [4.78, 5) is 51.4. The molecular weight excluding hydrogens is 478 g/mol. The summed E-state index contributed by atoms with van der Waals surface area (Å²) in [5, 5.41) is 18.9. The van der Waals surface area contributed by atoms with Gasteiger partial charge in [-0.2, -0.15) is 0 Å². The van der Waals surface area contributed by atoms with Gasteiger partial charge in [-0.3, -0.25) is 19.2 Å². The number of amides is 1. The Labute approximate surface area is 213 Å². The fourth-order valence-corrected chi connectivity index (χ4v) is 3.68. The summed E-state index contributed by atoms with van der Waals surface area (Å²) in [5.41, 5.74) is 5.48. The van der Waals surface area contributed by atoms with Gasteiger partial charge in [0.05, 0.1) is 18.1 Å². The van der Waals surface area contributed by atoms with Crippen molar-refractivity contribution in [1.29, 1.82) is 0 Å². The Kier molecular flexibility index (Phi) is 9.51. The van der Waals surface area contributed by atoms with Gasteiger partial charge < -0.3 is 14.9 Å². The van der Waals surface area contributed by atoms with Crippen molar-refractivity contribution in [3.63, 3.8) is 0 Å². The molecule has 3 rings (SSSR count). The van der Waals surface area contributed by atoms with Gasteiger partial charge in [-0.25, -0.2) is 10.3 Å². The van der Waals surface area contributed by atoms with Crippen LogP contribution in [0, 0.1) is 5.92 Å². The number of aromatic carboxylic acids is 1. The first-order valence-electron chi connectivity index (χ1n) is 11.5. The summed E-state index contributed by atoms with van der Waals surface area (Å²) in [6, 6.07) is 20.4. The first-order chi connectivity index (χ1) is 17.7. The van der Waals surface area contributed by atoms with Crippen molar-refractivity contribution in [2.75, 3.05) is 0 Å². The molecule has 0 bridgehead atoms. The number of carbonyl (C=O) groups is 4. The van der Waals surface area contributed by atoms with E-state index >= 15 is 0 Å². The first kappa shape index (κ1) is 27.1. The lowest BCUT2D eigenvalue weighted by molar-refractivity contribution is -0.142. The van der Waals surface area contributed by atoms with Gasteiger partial charge in [-0.05, 0) is 59.4 Å². The van der Waals surface area contributed by atoms with Crippen LogP contribution in [0.4, 0.5) is 0 Å². The fourth-order valence-electron chi connectivity index (χ4n) is 3.68. The van der Waals surface area contributed by atoms with E-state index in [0.29, 0.717) is 11.3 Å². The number of ether oxygens (including phenoxy) is 1. The number of nitrogens with one attached hydrogen (secondary N) is 1. The third-order valence-corrected chi connectivity index (χ3v) is 5.53. The number of rotatable bonds is 12. The van der Waals surface area contributed by atoms with Gasteiger partial charge in [0.15, 0.2) is 0 Å². The highest BCUT2D eigenvalue weighted by molar-refractivity contribution is 5.89. The predicted molar refractivity (Wildman–Crippen MR) is 134 cm³/mol. The molecule has 3 aromatic rings. The highest BCUT2D eigenvalue weighted by atomic mass is 16.6. The molecule has 0 spiro atoms. The van der Waals surface area contributed by atoms with Crippen LogP contribution in [0.5, 0.6) is 5.75 Å². The molecule has 0 fully saturated rings. The molecule has 0 unspecified atom stereocenters. The van der Waals surface area contributed by atoms with Crippen molar-refractivity contribution in [2.45, 2.75) is 32.8 Å². The number of aliphatic carboxylic acids is 1. The van der Waals surface area contributed by atoms with E-state index in [0.717, 1.165) is 16.7 Å². The van der Waals surface area contributed by atoms with Crippen LogP contribution in [-0.4, -0.2) is 34.0 Å². The second-order valence-electron chi connectivity index (χ2n) is 8.42. The van der Waals surface area contributed by atoms with E-state index in [4.69, 9.17) is 9.57 Å². The Morgan fingerprint density at radius 2 is 1.54 bits per heavy atom. The number of hydrogen-bond acceptors (Lipinski definition) is 6. The molecule has 0 aliphatic heterocycles. The number of esters is 1. The lowest BCUT2D eigenvalue weighted by Gasteiger charge is -2.14. The lowest BCUT2D eigenvalue weighted by atomic mass is 9.92. The van der Waals surface area contributed by atoms with Gasteiger partial charge in [0, 0.05) is 13.3 Å². The Morgan fingerprint density at radius 3 is 2.19 bits per heavy atom. The summed E-state index contributed by atoms with van der Waals surface area (Å²) in [5.74, 6) is -3.29. The molecule has 1 amide bonds. The Balaban J connectivity index is 1.51. The maximum Gasteiger partial charge on any atom is 0.335 e. The number of carboxylic acids is 2. The molecule has 0 heterocycles. The van der Waals surface area contributed by atoms with E-state index in [9.17, 15) is 29.4 Å². The minimum Gasteiger partial charge on any atom is -0.481 e. The smallest absolute Gasteiger partial charge is 0.335 e. The SMILES string of the molecule is CC(=O)Oc1ccc(CONC(=O)CC[C@@H](Cc2cccc(-c3cccc(C(=O)O)c3)c2)C(=O)O)cc1. The summed E-state index contributed by atoms with van der Waals surface area (Å²) in [7, 11) is 0. The molecule has 0 aromatic heterocycles. The monoisotopic (exact) mass is 505 g/mol. The van der Waals surface area contributed by atoms with Gasteiger partial charge in [0.2, 0.25) is 5.91 Å². The van der Waals surface area contributed by atoms with E-state index in [1.54, 1.807) is 54.6 Å². The van der Waals surface area contributed by atoms with Crippen LogP contribution in [-0.2, 0) is 32.2 Å². The summed E-state index contributed by atoms with van der Waals surface area (Å²) in [6.07, 6.45) is 0.285. The predicted octanol–water partition coefficient (Wildman–Crippen LogP) is 4.25. The molecule has 3 N–H and O–H groups in total. The Bertz CT molecular complexity index is 1270. The molecule has 1 atom stereocenters. The standard InChI is InChI=1S/C28H27NO8/c1-18(30)37-25-11-8-19(9-12-25)17-36-29-26(31)13-10-24(28(34)35)15-20-4-2-5-21(14-20)22-6-3-7-23(16-22)27(32)33/h2-9,11-12,14,16,24H,10,13,15,17H2,1H3,(H,29,31)(H,32,33)(H,34,35)/t24-/m0/s1. The topological polar surface area (TPSA) is 139 Å². The Hall–Kier alpha value is -4.50. The zero-order valence-electron chi connectivity index (χ0n) is 20.2. The molecule has 0 aliphatic rings. The van der Waals surface area contributed by atoms with Crippen LogP contribution < -0.4 is 10.2 Å². The number of benzene rings is 3. The molecule has 9 heteroatoms. The summed E-state index contributed by atoms with van der Waals surface area (Å²) >= 11 is 0. The van der Waals surface area contributed by atoms with Crippen molar-refractivity contribution in [3.05, 3.63) is 89.5 Å².